The van der Waals surface area contributed by atoms with E-state index < -0.39 is 5.60 Å². The second-order valence-corrected chi connectivity index (χ2v) is 4.84. The fraction of sp³-hybridized carbons (Fsp3) is 0.615. The van der Waals surface area contributed by atoms with Crippen molar-refractivity contribution in [2.45, 2.75) is 25.4 Å². The van der Waals surface area contributed by atoms with Crippen molar-refractivity contribution in [1.29, 1.82) is 0 Å². The third-order valence-electron chi connectivity index (χ3n) is 3.23. The number of aliphatic hydroxyl groups is 1. The molecule has 0 amide bonds. The van der Waals surface area contributed by atoms with E-state index in [4.69, 9.17) is 4.74 Å². The normalized spacial score (nSPS) is 25.0. The molecule has 0 radical (unpaired) electrons. The second-order valence-electron chi connectivity index (χ2n) is 4.84. The summed E-state index contributed by atoms with van der Waals surface area (Å²) in [6.07, 6.45) is 3.65. The van der Waals surface area contributed by atoms with Gasteiger partial charge in [0.05, 0.1) is 18.5 Å². The Morgan fingerprint density at radius 2 is 2.35 bits per heavy atom. The van der Waals surface area contributed by atoms with E-state index in [2.05, 4.69) is 16.0 Å². The molecule has 1 fully saturated rings. The first kappa shape index (κ1) is 12.3. The lowest BCUT2D eigenvalue weighted by molar-refractivity contribution is -0.0393. The highest BCUT2D eigenvalue weighted by molar-refractivity contribution is 5.45. The molecular formula is C13H20N2O2. The molecule has 1 unspecified atom stereocenters. The highest BCUT2D eigenvalue weighted by atomic mass is 16.5. The number of aromatic nitrogens is 1. The average molecular weight is 236 g/mol. The Morgan fingerprint density at radius 3 is 3.00 bits per heavy atom. The van der Waals surface area contributed by atoms with Crippen LogP contribution in [0.1, 0.15) is 18.5 Å². The molecular weight excluding hydrogens is 216 g/mol. The first-order chi connectivity index (χ1) is 8.13. The molecule has 1 aromatic heterocycles. The quantitative estimate of drug-likeness (QED) is 0.861. The van der Waals surface area contributed by atoms with Gasteiger partial charge in [-0.25, -0.2) is 0 Å². The molecule has 1 N–H and O–H groups in total. The molecule has 17 heavy (non-hydrogen) atoms. The van der Waals surface area contributed by atoms with Crippen LogP contribution in [0, 0.1) is 6.92 Å². The number of β-amino-alcohol motifs (C(OH)–C–C–N with tert-alkyl or cyclic N) is 1. The fourth-order valence-electron chi connectivity index (χ4n) is 2.37. The highest BCUT2D eigenvalue weighted by Gasteiger charge is 2.33. The Labute approximate surface area is 102 Å². The first-order valence-electron chi connectivity index (χ1n) is 6.02. The molecule has 1 aliphatic heterocycles. The zero-order chi connectivity index (χ0) is 12.3. The number of piperidine rings is 1. The van der Waals surface area contributed by atoms with E-state index in [9.17, 15) is 5.11 Å². The van der Waals surface area contributed by atoms with E-state index >= 15 is 0 Å². The van der Waals surface area contributed by atoms with Gasteiger partial charge in [-0.15, -0.1) is 0 Å². The van der Waals surface area contributed by atoms with Crippen LogP contribution in [0.2, 0.25) is 0 Å². The zero-order valence-electron chi connectivity index (χ0n) is 10.5. The summed E-state index contributed by atoms with van der Waals surface area (Å²) >= 11 is 0. The SMILES string of the molecule is COCC1(O)CCCN(c2ccc(C)nc2)C1. The van der Waals surface area contributed by atoms with E-state index in [0.29, 0.717) is 13.2 Å². The van der Waals surface area contributed by atoms with E-state index in [1.54, 1.807) is 7.11 Å². The molecule has 94 valence electrons. The summed E-state index contributed by atoms with van der Waals surface area (Å²) in [4.78, 5) is 6.47. The summed E-state index contributed by atoms with van der Waals surface area (Å²) in [5.41, 5.74) is 1.36. The van der Waals surface area contributed by atoms with Crippen LogP contribution in [0.4, 0.5) is 5.69 Å². The maximum absolute atomic E-state index is 10.4. The number of nitrogens with zero attached hydrogens (tertiary/aromatic N) is 2. The standard InChI is InChI=1S/C13H20N2O2/c1-11-4-5-12(8-14-11)15-7-3-6-13(16,9-15)10-17-2/h4-5,8,16H,3,6-7,9-10H2,1-2H3. The predicted octanol–water partition coefficient (Wildman–Crippen LogP) is 1.37. The molecule has 4 heteroatoms. The predicted molar refractivity (Wildman–Crippen MR) is 67.2 cm³/mol. The first-order valence-corrected chi connectivity index (χ1v) is 6.02. The van der Waals surface area contributed by atoms with Gasteiger partial charge in [0.1, 0.15) is 5.60 Å². The maximum atomic E-state index is 10.4. The van der Waals surface area contributed by atoms with Crippen molar-refractivity contribution < 1.29 is 9.84 Å². The summed E-state index contributed by atoms with van der Waals surface area (Å²) in [6.45, 7) is 3.95. The van der Waals surface area contributed by atoms with Crippen molar-refractivity contribution >= 4 is 5.69 Å². The topological polar surface area (TPSA) is 45.6 Å². The van der Waals surface area contributed by atoms with Gasteiger partial charge < -0.3 is 14.7 Å². The molecule has 0 aromatic carbocycles. The van der Waals surface area contributed by atoms with Gasteiger partial charge in [0.2, 0.25) is 0 Å². The number of methoxy groups -OCH3 is 1. The lowest BCUT2D eigenvalue weighted by Gasteiger charge is -2.39. The van der Waals surface area contributed by atoms with Crippen molar-refractivity contribution in [2.24, 2.45) is 0 Å². The zero-order valence-corrected chi connectivity index (χ0v) is 10.5. The van der Waals surface area contributed by atoms with E-state index in [1.807, 2.05) is 19.2 Å². The van der Waals surface area contributed by atoms with Crippen LogP contribution in [0.15, 0.2) is 18.3 Å². The molecule has 1 atom stereocenters. The van der Waals surface area contributed by atoms with Gasteiger partial charge >= 0.3 is 0 Å². The molecule has 0 bridgehead atoms. The van der Waals surface area contributed by atoms with Gasteiger partial charge in [0.15, 0.2) is 0 Å². The van der Waals surface area contributed by atoms with Crippen molar-refractivity contribution in [2.75, 3.05) is 31.7 Å². The average Bonchev–Trinajstić information content (AvgIpc) is 2.30. The highest BCUT2D eigenvalue weighted by Crippen LogP contribution is 2.25. The number of anilines is 1. The molecule has 2 heterocycles. The molecule has 0 saturated carbocycles. The number of hydrogen-bond acceptors (Lipinski definition) is 4. The van der Waals surface area contributed by atoms with Crippen LogP contribution >= 0.6 is 0 Å². The number of rotatable bonds is 3. The third kappa shape index (κ3) is 2.96. The lowest BCUT2D eigenvalue weighted by atomic mass is 9.93. The Kier molecular flexibility index (Phi) is 3.64. The monoisotopic (exact) mass is 236 g/mol. The van der Waals surface area contributed by atoms with Crippen molar-refractivity contribution in [3.05, 3.63) is 24.0 Å². The molecule has 4 nitrogen and oxygen atoms in total. The van der Waals surface area contributed by atoms with Crippen molar-refractivity contribution in [3.8, 4) is 0 Å². The Balaban J connectivity index is 2.09. The van der Waals surface area contributed by atoms with Crippen LogP contribution in [-0.2, 0) is 4.74 Å². The number of pyridine rings is 1. The minimum absolute atomic E-state index is 0.392. The summed E-state index contributed by atoms with van der Waals surface area (Å²) in [5, 5.41) is 10.4. The fourth-order valence-corrected chi connectivity index (χ4v) is 2.37. The van der Waals surface area contributed by atoms with Crippen LogP contribution in [0.25, 0.3) is 0 Å². The molecule has 2 rings (SSSR count). The minimum Gasteiger partial charge on any atom is -0.386 e. The van der Waals surface area contributed by atoms with Gasteiger partial charge in [-0.2, -0.15) is 0 Å². The number of hydrogen-bond donors (Lipinski definition) is 1. The van der Waals surface area contributed by atoms with Crippen LogP contribution in [0.5, 0.6) is 0 Å². The largest absolute Gasteiger partial charge is 0.386 e. The Bertz CT molecular complexity index is 362. The van der Waals surface area contributed by atoms with Gasteiger partial charge in [-0.1, -0.05) is 0 Å². The van der Waals surface area contributed by atoms with E-state index in [0.717, 1.165) is 30.8 Å². The van der Waals surface area contributed by atoms with Crippen LogP contribution < -0.4 is 4.90 Å². The minimum atomic E-state index is -0.724. The van der Waals surface area contributed by atoms with Gasteiger partial charge in [0.25, 0.3) is 0 Å². The molecule has 1 saturated heterocycles. The second kappa shape index (κ2) is 5.02. The molecule has 1 aromatic rings. The Morgan fingerprint density at radius 1 is 1.53 bits per heavy atom. The number of aryl methyl sites for hydroxylation is 1. The maximum Gasteiger partial charge on any atom is 0.105 e. The summed E-state index contributed by atoms with van der Waals surface area (Å²) in [6, 6.07) is 4.06. The Hall–Kier alpha value is -1.13. The van der Waals surface area contributed by atoms with Crippen LogP contribution in [-0.4, -0.2) is 42.5 Å². The van der Waals surface area contributed by atoms with Gasteiger partial charge in [0, 0.05) is 25.9 Å². The van der Waals surface area contributed by atoms with Crippen molar-refractivity contribution in [3.63, 3.8) is 0 Å². The number of ether oxygens (including phenoxy) is 1. The smallest absolute Gasteiger partial charge is 0.105 e. The molecule has 1 aliphatic rings. The van der Waals surface area contributed by atoms with Gasteiger partial charge in [-0.3, -0.25) is 4.98 Å². The van der Waals surface area contributed by atoms with Crippen LogP contribution in [0.3, 0.4) is 0 Å². The van der Waals surface area contributed by atoms with Gasteiger partial charge in [-0.05, 0) is 31.9 Å². The van der Waals surface area contributed by atoms with E-state index in [1.165, 1.54) is 0 Å². The summed E-state index contributed by atoms with van der Waals surface area (Å²) in [5.74, 6) is 0. The molecule has 0 aliphatic carbocycles. The summed E-state index contributed by atoms with van der Waals surface area (Å²) < 4.78 is 5.10. The lowest BCUT2D eigenvalue weighted by Crippen LogP contribution is -2.51. The summed E-state index contributed by atoms with van der Waals surface area (Å²) in [7, 11) is 1.63. The van der Waals surface area contributed by atoms with E-state index in [-0.39, 0.29) is 0 Å². The van der Waals surface area contributed by atoms with Crippen molar-refractivity contribution in [1.82, 2.24) is 4.98 Å². The third-order valence-corrected chi connectivity index (χ3v) is 3.23. The molecule has 0 spiro atoms.